The number of nitrogens with two attached hydrogens (primary N) is 1. The lowest BCUT2D eigenvalue weighted by Gasteiger charge is -2.18. The Balaban J connectivity index is 1.86. The van der Waals surface area contributed by atoms with Gasteiger partial charge in [-0.1, -0.05) is 18.2 Å². The third kappa shape index (κ3) is 5.89. The number of aliphatic hydroxyl groups is 2. The van der Waals surface area contributed by atoms with E-state index in [0.717, 1.165) is 5.69 Å². The maximum absolute atomic E-state index is 14.8. The summed E-state index contributed by atoms with van der Waals surface area (Å²) in [6, 6.07) is 11.6. The van der Waals surface area contributed by atoms with E-state index >= 15 is 0 Å². The number of aromatic nitrogens is 1. The molecule has 7 nitrogen and oxygen atoms in total. The lowest BCUT2D eigenvalue weighted by Crippen LogP contribution is -2.16. The van der Waals surface area contributed by atoms with Crippen LogP contribution in [0.3, 0.4) is 0 Å². The van der Waals surface area contributed by atoms with Crippen LogP contribution in [0.25, 0.3) is 10.4 Å². The minimum absolute atomic E-state index is 0.125. The molecule has 3 rings (SSSR count). The molecule has 0 unspecified atom stereocenters. The number of hydrogen-bond donors (Lipinski definition) is 5. The molecule has 9 heteroatoms. The van der Waals surface area contributed by atoms with Gasteiger partial charge < -0.3 is 26.6 Å². The standard InChI is InChI=1S/C23H27FN4O3S/c1-23(2,31)14-7-8-16(18(24)11-14)19-12-17(21(25)30)22(32-19)28-20-6-3-5-15(27-20)13-26-9-4-10-29/h3,5-8,11-12,26,29,31H,4,9-10,13H2,1-2H3,(H2,25,30)(H,27,28). The molecule has 0 saturated heterocycles. The molecule has 32 heavy (non-hydrogen) atoms. The summed E-state index contributed by atoms with van der Waals surface area (Å²) in [6.45, 7) is 4.51. The second-order valence-corrected chi connectivity index (χ2v) is 8.92. The van der Waals surface area contributed by atoms with E-state index < -0.39 is 17.3 Å². The summed E-state index contributed by atoms with van der Waals surface area (Å²) in [7, 11) is 0. The Hall–Kier alpha value is -2.85. The summed E-state index contributed by atoms with van der Waals surface area (Å²) < 4.78 is 14.8. The molecule has 0 aliphatic heterocycles. The average molecular weight is 459 g/mol. The van der Waals surface area contributed by atoms with E-state index in [9.17, 15) is 14.3 Å². The van der Waals surface area contributed by atoms with Gasteiger partial charge in [-0.15, -0.1) is 11.3 Å². The van der Waals surface area contributed by atoms with Gasteiger partial charge in [0.25, 0.3) is 5.91 Å². The molecule has 170 valence electrons. The third-order valence-corrected chi connectivity index (χ3v) is 5.89. The van der Waals surface area contributed by atoms with Crippen LogP contribution in [0, 0.1) is 5.82 Å². The van der Waals surface area contributed by atoms with Crippen LogP contribution in [0.15, 0.2) is 42.5 Å². The van der Waals surface area contributed by atoms with Crippen molar-refractivity contribution in [3.05, 3.63) is 65.1 Å². The molecule has 1 amide bonds. The van der Waals surface area contributed by atoms with Crippen LogP contribution in [0.1, 0.15) is 41.9 Å². The smallest absolute Gasteiger partial charge is 0.251 e. The fourth-order valence-electron chi connectivity index (χ4n) is 3.08. The molecule has 2 aromatic heterocycles. The van der Waals surface area contributed by atoms with Crippen molar-refractivity contribution >= 4 is 28.1 Å². The van der Waals surface area contributed by atoms with Crippen molar-refractivity contribution in [2.75, 3.05) is 18.5 Å². The number of hydrogen-bond acceptors (Lipinski definition) is 7. The lowest BCUT2D eigenvalue weighted by molar-refractivity contribution is 0.0782. The zero-order valence-corrected chi connectivity index (χ0v) is 18.8. The van der Waals surface area contributed by atoms with Gasteiger partial charge in [-0.3, -0.25) is 4.79 Å². The zero-order chi connectivity index (χ0) is 23.3. The minimum Gasteiger partial charge on any atom is -0.396 e. The van der Waals surface area contributed by atoms with Gasteiger partial charge in [0.1, 0.15) is 16.6 Å². The average Bonchev–Trinajstić information content (AvgIpc) is 3.14. The van der Waals surface area contributed by atoms with Crippen LogP contribution in [-0.2, 0) is 12.1 Å². The van der Waals surface area contributed by atoms with Crippen molar-refractivity contribution in [1.29, 1.82) is 0 Å². The van der Waals surface area contributed by atoms with Gasteiger partial charge in [0.05, 0.1) is 16.9 Å². The van der Waals surface area contributed by atoms with Crippen molar-refractivity contribution < 1.29 is 19.4 Å². The molecular weight excluding hydrogens is 431 g/mol. The number of anilines is 2. The molecule has 0 aliphatic rings. The van der Waals surface area contributed by atoms with E-state index in [-0.39, 0.29) is 12.2 Å². The van der Waals surface area contributed by atoms with E-state index in [1.165, 1.54) is 17.4 Å². The Morgan fingerprint density at radius 3 is 2.69 bits per heavy atom. The largest absolute Gasteiger partial charge is 0.396 e. The molecule has 1 aromatic carbocycles. The molecule has 0 saturated carbocycles. The first-order valence-corrected chi connectivity index (χ1v) is 11.0. The van der Waals surface area contributed by atoms with E-state index in [1.54, 1.807) is 38.1 Å². The van der Waals surface area contributed by atoms with Crippen LogP contribution >= 0.6 is 11.3 Å². The Bertz CT molecular complexity index is 1100. The number of pyridine rings is 1. The van der Waals surface area contributed by atoms with E-state index in [0.29, 0.717) is 46.3 Å². The summed E-state index contributed by atoms with van der Waals surface area (Å²) in [4.78, 5) is 17.1. The van der Waals surface area contributed by atoms with E-state index in [2.05, 4.69) is 15.6 Å². The van der Waals surface area contributed by atoms with Crippen molar-refractivity contribution in [1.82, 2.24) is 10.3 Å². The van der Waals surface area contributed by atoms with Crippen LogP contribution in [-0.4, -0.2) is 34.3 Å². The van der Waals surface area contributed by atoms with Gasteiger partial charge in [0.2, 0.25) is 0 Å². The van der Waals surface area contributed by atoms with Crippen molar-refractivity contribution in [2.45, 2.75) is 32.4 Å². The number of rotatable bonds is 10. The minimum atomic E-state index is -1.16. The first-order valence-electron chi connectivity index (χ1n) is 10.2. The van der Waals surface area contributed by atoms with Crippen LogP contribution in [0.2, 0.25) is 0 Å². The van der Waals surface area contributed by atoms with Gasteiger partial charge in [-0.2, -0.15) is 0 Å². The Morgan fingerprint density at radius 2 is 2.03 bits per heavy atom. The number of nitrogens with zero attached hydrogens (tertiary/aromatic N) is 1. The molecule has 0 atom stereocenters. The monoisotopic (exact) mass is 458 g/mol. The summed E-state index contributed by atoms with van der Waals surface area (Å²) in [5.41, 5.74) is 6.19. The Morgan fingerprint density at radius 1 is 1.25 bits per heavy atom. The van der Waals surface area contributed by atoms with Gasteiger partial charge in [0.15, 0.2) is 0 Å². The first kappa shape index (κ1) is 23.8. The van der Waals surface area contributed by atoms with Gasteiger partial charge in [-0.05, 0) is 56.6 Å². The Labute approximate surface area is 190 Å². The normalized spacial score (nSPS) is 11.5. The number of amides is 1. The topological polar surface area (TPSA) is 120 Å². The second-order valence-electron chi connectivity index (χ2n) is 7.86. The predicted molar refractivity (Wildman–Crippen MR) is 124 cm³/mol. The quantitative estimate of drug-likeness (QED) is 0.297. The number of primary amides is 1. The number of carbonyl (C=O) groups excluding carboxylic acids is 1. The highest BCUT2D eigenvalue weighted by atomic mass is 32.1. The number of aliphatic hydroxyl groups excluding tert-OH is 1. The SMILES string of the molecule is CC(C)(O)c1ccc(-c2cc(C(N)=O)c(Nc3cccc(CNCCCO)n3)s2)c(F)c1. The molecule has 0 spiro atoms. The molecule has 0 bridgehead atoms. The highest BCUT2D eigenvalue weighted by Crippen LogP contribution is 2.38. The summed E-state index contributed by atoms with van der Waals surface area (Å²) >= 11 is 1.20. The highest BCUT2D eigenvalue weighted by molar-refractivity contribution is 7.19. The number of carbonyl (C=O) groups is 1. The number of nitrogens with one attached hydrogen (secondary N) is 2. The fraction of sp³-hybridized carbons (Fsp3) is 0.304. The maximum Gasteiger partial charge on any atom is 0.251 e. The number of halogens is 1. The van der Waals surface area contributed by atoms with E-state index in [4.69, 9.17) is 10.8 Å². The van der Waals surface area contributed by atoms with Crippen LogP contribution in [0.4, 0.5) is 15.2 Å². The summed E-state index contributed by atoms with van der Waals surface area (Å²) in [5.74, 6) is -0.604. The van der Waals surface area contributed by atoms with Crippen LogP contribution in [0.5, 0.6) is 0 Å². The molecule has 6 N–H and O–H groups in total. The molecular formula is C23H27FN4O3S. The summed E-state index contributed by atoms with van der Waals surface area (Å²) in [6.07, 6.45) is 0.658. The molecule has 0 radical (unpaired) electrons. The third-order valence-electron chi connectivity index (χ3n) is 4.80. The summed E-state index contributed by atoms with van der Waals surface area (Å²) in [5, 5.41) is 25.7. The Kier molecular flexibility index (Phi) is 7.57. The van der Waals surface area contributed by atoms with Gasteiger partial charge >= 0.3 is 0 Å². The highest BCUT2D eigenvalue weighted by Gasteiger charge is 2.21. The van der Waals surface area contributed by atoms with E-state index in [1.807, 2.05) is 12.1 Å². The molecule has 0 aliphatic carbocycles. The predicted octanol–water partition coefficient (Wildman–Crippen LogP) is 3.49. The van der Waals surface area contributed by atoms with Gasteiger partial charge in [0, 0.05) is 23.6 Å². The molecule has 0 fully saturated rings. The van der Waals surface area contributed by atoms with Crippen molar-refractivity contribution in [2.24, 2.45) is 5.73 Å². The first-order chi connectivity index (χ1) is 15.2. The van der Waals surface area contributed by atoms with Crippen molar-refractivity contribution in [3.8, 4) is 10.4 Å². The molecule has 3 aromatic rings. The number of thiophene rings is 1. The van der Waals surface area contributed by atoms with Gasteiger partial charge in [-0.25, -0.2) is 9.37 Å². The van der Waals surface area contributed by atoms with Crippen molar-refractivity contribution in [3.63, 3.8) is 0 Å². The molecule has 2 heterocycles. The number of benzene rings is 1. The fourth-order valence-corrected chi connectivity index (χ4v) is 4.18. The zero-order valence-electron chi connectivity index (χ0n) is 18.0. The van der Waals surface area contributed by atoms with Crippen LogP contribution < -0.4 is 16.4 Å². The lowest BCUT2D eigenvalue weighted by atomic mass is 9.96. The maximum atomic E-state index is 14.8. The second kappa shape index (κ2) is 10.2.